The Morgan fingerprint density at radius 2 is 2.21 bits per heavy atom. The predicted molar refractivity (Wildman–Crippen MR) is 57.9 cm³/mol. The standard InChI is InChI=1S/C11H12N2O/c1-3-4-9-10(12)6-5-8-7(2)13-14-11(8)9/h3-6H,12H2,1-2H3/b4-3+. The SMILES string of the molecule is C/C=C/c1c(N)ccc2c(C)noc12. The Morgan fingerprint density at radius 1 is 1.43 bits per heavy atom. The van der Waals surface area contributed by atoms with E-state index in [9.17, 15) is 0 Å². The van der Waals surface area contributed by atoms with Gasteiger partial charge in [-0.2, -0.15) is 0 Å². The molecule has 1 aromatic carbocycles. The molecule has 3 heteroatoms. The van der Waals surface area contributed by atoms with Crippen molar-refractivity contribution in [1.29, 1.82) is 0 Å². The van der Waals surface area contributed by atoms with Crippen LogP contribution >= 0.6 is 0 Å². The van der Waals surface area contributed by atoms with Gasteiger partial charge >= 0.3 is 0 Å². The minimum Gasteiger partial charge on any atom is -0.398 e. The summed E-state index contributed by atoms with van der Waals surface area (Å²) in [6, 6.07) is 3.81. The van der Waals surface area contributed by atoms with Crippen molar-refractivity contribution in [2.75, 3.05) is 5.73 Å². The number of hydrogen-bond donors (Lipinski definition) is 1. The van der Waals surface area contributed by atoms with E-state index in [-0.39, 0.29) is 0 Å². The lowest BCUT2D eigenvalue weighted by Gasteiger charge is -1.99. The summed E-state index contributed by atoms with van der Waals surface area (Å²) in [6.07, 6.45) is 3.87. The summed E-state index contributed by atoms with van der Waals surface area (Å²) >= 11 is 0. The molecule has 14 heavy (non-hydrogen) atoms. The third-order valence-corrected chi connectivity index (χ3v) is 2.23. The van der Waals surface area contributed by atoms with E-state index in [1.165, 1.54) is 0 Å². The maximum Gasteiger partial charge on any atom is 0.176 e. The molecule has 0 amide bonds. The van der Waals surface area contributed by atoms with Gasteiger partial charge in [0.2, 0.25) is 0 Å². The molecule has 0 atom stereocenters. The van der Waals surface area contributed by atoms with Crippen LogP contribution in [0.5, 0.6) is 0 Å². The molecule has 3 nitrogen and oxygen atoms in total. The minimum atomic E-state index is 0.715. The predicted octanol–water partition coefficient (Wildman–Crippen LogP) is 2.75. The highest BCUT2D eigenvalue weighted by Gasteiger charge is 2.09. The largest absolute Gasteiger partial charge is 0.398 e. The normalized spacial score (nSPS) is 11.6. The van der Waals surface area contributed by atoms with Gasteiger partial charge in [-0.05, 0) is 26.0 Å². The molecule has 0 bridgehead atoms. The van der Waals surface area contributed by atoms with E-state index in [0.29, 0.717) is 5.69 Å². The van der Waals surface area contributed by atoms with E-state index in [0.717, 1.165) is 22.2 Å². The Labute approximate surface area is 82.2 Å². The third-order valence-electron chi connectivity index (χ3n) is 2.23. The van der Waals surface area contributed by atoms with Gasteiger partial charge in [-0.15, -0.1) is 0 Å². The second kappa shape index (κ2) is 3.18. The highest BCUT2D eigenvalue weighted by Crippen LogP contribution is 2.27. The number of aryl methyl sites for hydroxylation is 1. The van der Waals surface area contributed by atoms with Gasteiger partial charge in [-0.1, -0.05) is 17.3 Å². The number of rotatable bonds is 1. The van der Waals surface area contributed by atoms with Crippen LogP contribution in [0.15, 0.2) is 22.7 Å². The van der Waals surface area contributed by atoms with Crippen LogP contribution < -0.4 is 5.73 Å². The molecule has 2 N–H and O–H groups in total. The first kappa shape index (κ1) is 8.81. The molecule has 1 aromatic heterocycles. The van der Waals surface area contributed by atoms with Crippen LogP contribution in [-0.2, 0) is 0 Å². The average molecular weight is 188 g/mol. The van der Waals surface area contributed by atoms with E-state index in [1.807, 2.05) is 38.1 Å². The van der Waals surface area contributed by atoms with E-state index >= 15 is 0 Å². The lowest BCUT2D eigenvalue weighted by Crippen LogP contribution is -1.89. The third kappa shape index (κ3) is 1.18. The molecule has 0 radical (unpaired) electrons. The van der Waals surface area contributed by atoms with Crippen molar-refractivity contribution < 1.29 is 4.52 Å². The van der Waals surface area contributed by atoms with E-state index < -0.39 is 0 Å². The van der Waals surface area contributed by atoms with Gasteiger partial charge in [-0.3, -0.25) is 0 Å². The Bertz CT molecular complexity index is 497. The number of aromatic nitrogens is 1. The number of nitrogens with zero attached hydrogens (tertiary/aromatic N) is 1. The highest BCUT2D eigenvalue weighted by atomic mass is 16.5. The first-order valence-electron chi connectivity index (χ1n) is 4.51. The molecule has 0 aliphatic rings. The molecule has 0 saturated heterocycles. The lowest BCUT2D eigenvalue weighted by atomic mass is 10.1. The Kier molecular flexibility index (Phi) is 2.00. The van der Waals surface area contributed by atoms with Gasteiger partial charge < -0.3 is 10.3 Å². The van der Waals surface area contributed by atoms with Gasteiger partial charge in [0.1, 0.15) is 0 Å². The molecule has 0 aliphatic carbocycles. The average Bonchev–Trinajstić information content (AvgIpc) is 2.53. The number of anilines is 1. The first-order valence-corrected chi connectivity index (χ1v) is 4.51. The maximum atomic E-state index is 5.84. The molecular formula is C11H12N2O. The first-order chi connectivity index (χ1) is 6.74. The van der Waals surface area contributed by atoms with Gasteiger partial charge in [0, 0.05) is 16.6 Å². The molecule has 2 aromatic rings. The van der Waals surface area contributed by atoms with E-state index in [2.05, 4.69) is 5.16 Å². The quantitative estimate of drug-likeness (QED) is 0.700. The summed E-state index contributed by atoms with van der Waals surface area (Å²) in [5, 5.41) is 4.94. The van der Waals surface area contributed by atoms with Crippen molar-refractivity contribution in [3.05, 3.63) is 29.5 Å². The van der Waals surface area contributed by atoms with Crippen molar-refractivity contribution in [2.24, 2.45) is 0 Å². The summed E-state index contributed by atoms with van der Waals surface area (Å²) in [5.74, 6) is 0. The van der Waals surface area contributed by atoms with Gasteiger partial charge in [0.25, 0.3) is 0 Å². The van der Waals surface area contributed by atoms with Gasteiger partial charge in [-0.25, -0.2) is 0 Å². The highest BCUT2D eigenvalue weighted by molar-refractivity contribution is 5.92. The van der Waals surface area contributed by atoms with Crippen LogP contribution in [0.25, 0.3) is 17.0 Å². The van der Waals surface area contributed by atoms with Crippen LogP contribution in [0.2, 0.25) is 0 Å². The molecule has 0 unspecified atom stereocenters. The smallest absolute Gasteiger partial charge is 0.176 e. The molecule has 0 aliphatic heterocycles. The molecule has 2 rings (SSSR count). The monoisotopic (exact) mass is 188 g/mol. The number of fused-ring (bicyclic) bond motifs is 1. The fourth-order valence-corrected chi connectivity index (χ4v) is 1.50. The molecular weight excluding hydrogens is 176 g/mol. The van der Waals surface area contributed by atoms with Crippen molar-refractivity contribution in [1.82, 2.24) is 5.16 Å². The summed E-state index contributed by atoms with van der Waals surface area (Å²) in [6.45, 7) is 3.86. The van der Waals surface area contributed by atoms with Crippen LogP contribution in [-0.4, -0.2) is 5.16 Å². The fourth-order valence-electron chi connectivity index (χ4n) is 1.50. The second-order valence-corrected chi connectivity index (χ2v) is 3.21. The summed E-state index contributed by atoms with van der Waals surface area (Å²) < 4.78 is 5.23. The molecule has 0 saturated carbocycles. The number of benzene rings is 1. The zero-order chi connectivity index (χ0) is 10.1. The molecule has 1 heterocycles. The fraction of sp³-hybridized carbons (Fsp3) is 0.182. The van der Waals surface area contributed by atoms with Crippen molar-refractivity contribution in [3.63, 3.8) is 0 Å². The summed E-state index contributed by atoms with van der Waals surface area (Å²) in [5.41, 5.74) is 9.12. The zero-order valence-electron chi connectivity index (χ0n) is 8.24. The second-order valence-electron chi connectivity index (χ2n) is 3.21. The number of hydrogen-bond acceptors (Lipinski definition) is 3. The van der Waals surface area contributed by atoms with Crippen LogP contribution in [0, 0.1) is 6.92 Å². The van der Waals surface area contributed by atoms with E-state index in [4.69, 9.17) is 10.3 Å². The van der Waals surface area contributed by atoms with Crippen LogP contribution in [0.4, 0.5) is 5.69 Å². The van der Waals surface area contributed by atoms with Crippen molar-refractivity contribution in [3.8, 4) is 0 Å². The number of allylic oxidation sites excluding steroid dienone is 1. The van der Waals surface area contributed by atoms with Gasteiger partial charge in [0.15, 0.2) is 5.58 Å². The minimum absolute atomic E-state index is 0.715. The van der Waals surface area contributed by atoms with Crippen molar-refractivity contribution in [2.45, 2.75) is 13.8 Å². The molecule has 0 fully saturated rings. The Morgan fingerprint density at radius 3 is 2.93 bits per heavy atom. The zero-order valence-corrected chi connectivity index (χ0v) is 8.24. The lowest BCUT2D eigenvalue weighted by molar-refractivity contribution is 0.450. The van der Waals surface area contributed by atoms with Gasteiger partial charge in [0.05, 0.1) is 5.69 Å². The number of nitrogens with two attached hydrogens (primary N) is 1. The van der Waals surface area contributed by atoms with Crippen LogP contribution in [0.3, 0.4) is 0 Å². The van der Waals surface area contributed by atoms with Crippen molar-refractivity contribution >= 4 is 22.7 Å². The number of nitrogen functional groups attached to an aromatic ring is 1. The Balaban J connectivity index is 2.83. The topological polar surface area (TPSA) is 52.0 Å². The molecule has 72 valence electrons. The van der Waals surface area contributed by atoms with Crippen LogP contribution in [0.1, 0.15) is 18.2 Å². The summed E-state index contributed by atoms with van der Waals surface area (Å²) in [4.78, 5) is 0. The molecule has 0 spiro atoms. The van der Waals surface area contributed by atoms with E-state index in [1.54, 1.807) is 0 Å². The maximum absolute atomic E-state index is 5.84. The summed E-state index contributed by atoms with van der Waals surface area (Å²) in [7, 11) is 0. The Hall–Kier alpha value is -1.77.